The highest BCUT2D eigenvalue weighted by Gasteiger charge is 2.60. The summed E-state index contributed by atoms with van der Waals surface area (Å²) >= 11 is 0. The minimum atomic E-state index is -0.673. The molecule has 0 amide bonds. The number of rotatable bonds is 4. The van der Waals surface area contributed by atoms with E-state index in [0.717, 1.165) is 37.7 Å². The Balaban J connectivity index is 1.51. The van der Waals surface area contributed by atoms with Crippen LogP contribution in [0.2, 0.25) is 0 Å². The third-order valence-corrected chi connectivity index (χ3v) is 6.55. The number of nitrogens with zero attached hydrogens (tertiary/aromatic N) is 4. The minimum absolute atomic E-state index is 0.0730. The Bertz CT molecular complexity index is 802. The molecule has 4 bridgehead atoms. The summed E-state index contributed by atoms with van der Waals surface area (Å²) in [5, 5.41) is 22.9. The number of carbonyl (C=O) groups is 1. The zero-order valence-electron chi connectivity index (χ0n) is 14.1. The third kappa shape index (κ3) is 2.38. The highest BCUT2D eigenvalue weighted by Crippen LogP contribution is 2.65. The lowest BCUT2D eigenvalue weighted by molar-refractivity contribution is -0.152. The maximum atomic E-state index is 11.5. The maximum Gasteiger partial charge on any atom is 0.303 e. The van der Waals surface area contributed by atoms with Crippen LogP contribution >= 0.6 is 0 Å². The van der Waals surface area contributed by atoms with E-state index < -0.39 is 5.97 Å². The van der Waals surface area contributed by atoms with Crippen molar-refractivity contribution in [2.75, 3.05) is 0 Å². The molecule has 6 heteroatoms. The summed E-state index contributed by atoms with van der Waals surface area (Å²) in [4.78, 5) is 13.3. The van der Waals surface area contributed by atoms with E-state index in [0.29, 0.717) is 17.7 Å². The van der Waals surface area contributed by atoms with Crippen LogP contribution in [0.5, 0.6) is 0 Å². The van der Waals surface area contributed by atoms with E-state index in [9.17, 15) is 9.90 Å². The summed E-state index contributed by atoms with van der Waals surface area (Å²) in [6.45, 7) is 0. The molecule has 0 aliphatic heterocycles. The predicted octanol–water partition coefficient (Wildman–Crippen LogP) is 3.11. The number of benzene rings is 1. The molecule has 1 aromatic heterocycles. The largest absolute Gasteiger partial charge is 0.481 e. The molecule has 1 N–H and O–H groups in total. The summed E-state index contributed by atoms with van der Waals surface area (Å²) < 4.78 is 0. The summed E-state index contributed by atoms with van der Waals surface area (Å²) in [7, 11) is 0. The van der Waals surface area contributed by atoms with Gasteiger partial charge in [-0.25, -0.2) is 0 Å². The van der Waals surface area contributed by atoms with Gasteiger partial charge in [-0.3, -0.25) is 4.79 Å². The van der Waals surface area contributed by atoms with Crippen molar-refractivity contribution in [1.29, 1.82) is 0 Å². The van der Waals surface area contributed by atoms with E-state index in [1.54, 1.807) is 0 Å². The molecule has 4 atom stereocenters. The van der Waals surface area contributed by atoms with Crippen molar-refractivity contribution < 1.29 is 9.90 Å². The van der Waals surface area contributed by atoms with Crippen LogP contribution in [-0.2, 0) is 10.3 Å². The number of hydrogen-bond donors (Lipinski definition) is 1. The number of carboxylic acids is 1. The van der Waals surface area contributed by atoms with Crippen molar-refractivity contribution in [1.82, 2.24) is 20.2 Å². The van der Waals surface area contributed by atoms with E-state index in [4.69, 9.17) is 5.10 Å². The van der Waals surface area contributed by atoms with Crippen molar-refractivity contribution >= 4 is 5.97 Å². The van der Waals surface area contributed by atoms with Gasteiger partial charge in [-0.15, -0.1) is 10.2 Å². The van der Waals surface area contributed by atoms with Gasteiger partial charge in [-0.2, -0.15) is 4.80 Å². The number of tetrazole rings is 1. The molecule has 4 fully saturated rings. The van der Waals surface area contributed by atoms with Gasteiger partial charge in [0.2, 0.25) is 5.82 Å². The molecule has 4 aliphatic carbocycles. The lowest BCUT2D eigenvalue weighted by atomic mass is 9.46. The fourth-order valence-electron chi connectivity index (χ4n) is 6.28. The minimum Gasteiger partial charge on any atom is -0.481 e. The Morgan fingerprint density at radius 2 is 1.88 bits per heavy atom. The van der Waals surface area contributed by atoms with Crippen LogP contribution in [0.3, 0.4) is 0 Å². The van der Waals surface area contributed by atoms with Crippen molar-refractivity contribution in [2.45, 2.75) is 50.5 Å². The lowest BCUT2D eigenvalue weighted by Crippen LogP contribution is -2.57. The SMILES string of the molecule is O=C(O)CC12C[C@H]3C[C@@H](C1)CC(n1nnc(-c4ccccc4)n1)(C3)C2. The molecule has 130 valence electrons. The molecule has 1 heterocycles. The molecule has 0 radical (unpaired) electrons. The first-order chi connectivity index (χ1) is 12.1. The zero-order valence-corrected chi connectivity index (χ0v) is 14.1. The Kier molecular flexibility index (Phi) is 3.09. The highest BCUT2D eigenvalue weighted by molar-refractivity contribution is 5.68. The van der Waals surface area contributed by atoms with Gasteiger partial charge in [0.1, 0.15) is 0 Å². The van der Waals surface area contributed by atoms with Crippen LogP contribution in [0.4, 0.5) is 0 Å². The Labute approximate surface area is 146 Å². The van der Waals surface area contributed by atoms with E-state index >= 15 is 0 Å². The maximum absolute atomic E-state index is 11.5. The second-order valence-corrected chi connectivity index (χ2v) is 8.52. The highest BCUT2D eigenvalue weighted by atomic mass is 16.4. The average molecular weight is 338 g/mol. The predicted molar refractivity (Wildman–Crippen MR) is 90.6 cm³/mol. The lowest BCUT2D eigenvalue weighted by Gasteiger charge is -2.61. The van der Waals surface area contributed by atoms with Crippen LogP contribution < -0.4 is 0 Å². The van der Waals surface area contributed by atoms with Crippen LogP contribution in [-0.4, -0.2) is 31.3 Å². The van der Waals surface area contributed by atoms with E-state index in [2.05, 4.69) is 10.3 Å². The number of hydrogen-bond acceptors (Lipinski definition) is 4. The first kappa shape index (κ1) is 15.0. The van der Waals surface area contributed by atoms with Gasteiger partial charge in [0.25, 0.3) is 0 Å². The van der Waals surface area contributed by atoms with Gasteiger partial charge in [0, 0.05) is 5.56 Å². The molecule has 0 spiro atoms. The van der Waals surface area contributed by atoms with E-state index in [1.807, 2.05) is 35.1 Å². The van der Waals surface area contributed by atoms with E-state index in [-0.39, 0.29) is 17.4 Å². The molecule has 4 saturated carbocycles. The van der Waals surface area contributed by atoms with Gasteiger partial charge < -0.3 is 5.11 Å². The molecule has 25 heavy (non-hydrogen) atoms. The second kappa shape index (κ2) is 5.13. The molecular formula is C19H22N4O2. The molecule has 1 aromatic carbocycles. The topological polar surface area (TPSA) is 80.9 Å². The van der Waals surface area contributed by atoms with Gasteiger partial charge in [-0.1, -0.05) is 30.3 Å². The second-order valence-electron chi connectivity index (χ2n) is 8.52. The van der Waals surface area contributed by atoms with Gasteiger partial charge in [-0.05, 0) is 61.0 Å². The van der Waals surface area contributed by atoms with Gasteiger partial charge in [0.05, 0.1) is 12.0 Å². The van der Waals surface area contributed by atoms with E-state index in [1.165, 1.54) is 6.42 Å². The summed E-state index contributed by atoms with van der Waals surface area (Å²) in [5.41, 5.74) is 0.759. The fourth-order valence-corrected chi connectivity index (χ4v) is 6.28. The quantitative estimate of drug-likeness (QED) is 0.926. The average Bonchev–Trinajstić information content (AvgIpc) is 3.04. The van der Waals surface area contributed by atoms with Crippen molar-refractivity contribution in [3.05, 3.63) is 30.3 Å². The molecule has 0 saturated heterocycles. The Hall–Kier alpha value is -2.24. The fraction of sp³-hybridized carbons (Fsp3) is 0.579. The van der Waals surface area contributed by atoms with Crippen molar-refractivity contribution in [3.8, 4) is 11.4 Å². The third-order valence-electron chi connectivity index (χ3n) is 6.55. The van der Waals surface area contributed by atoms with Crippen molar-refractivity contribution in [2.24, 2.45) is 17.3 Å². The first-order valence-corrected chi connectivity index (χ1v) is 9.14. The smallest absolute Gasteiger partial charge is 0.303 e. The Morgan fingerprint density at radius 1 is 1.16 bits per heavy atom. The zero-order chi connectivity index (χ0) is 17.1. The molecule has 6 rings (SSSR count). The summed E-state index contributed by atoms with van der Waals surface area (Å²) in [5.74, 6) is 1.19. The molecule has 4 aliphatic rings. The standard InChI is InChI=1S/C19H22N4O2/c24-16(25)11-18-7-13-6-14(8-18)10-19(9-13,12-18)23-21-17(20-22-23)15-4-2-1-3-5-15/h1-5,13-14H,6-12H2,(H,24,25)/t13-,14+,18?,19?. The number of aliphatic carboxylic acids is 1. The molecule has 6 nitrogen and oxygen atoms in total. The Morgan fingerprint density at radius 3 is 2.56 bits per heavy atom. The van der Waals surface area contributed by atoms with Crippen LogP contribution in [0.15, 0.2) is 30.3 Å². The first-order valence-electron chi connectivity index (χ1n) is 9.14. The normalized spacial score (nSPS) is 35.8. The van der Waals surface area contributed by atoms with Crippen LogP contribution in [0.1, 0.15) is 44.9 Å². The molecule has 2 unspecified atom stereocenters. The van der Waals surface area contributed by atoms with Crippen molar-refractivity contribution in [3.63, 3.8) is 0 Å². The van der Waals surface area contributed by atoms with Gasteiger partial charge >= 0.3 is 5.97 Å². The van der Waals surface area contributed by atoms with Crippen LogP contribution in [0.25, 0.3) is 11.4 Å². The summed E-state index contributed by atoms with van der Waals surface area (Å²) in [6, 6.07) is 9.91. The molecular weight excluding hydrogens is 316 g/mol. The monoisotopic (exact) mass is 338 g/mol. The van der Waals surface area contributed by atoms with Gasteiger partial charge in [0.15, 0.2) is 0 Å². The molecule has 2 aromatic rings. The number of carboxylic acid groups (broad SMARTS) is 1. The summed E-state index contributed by atoms with van der Waals surface area (Å²) in [6.07, 6.45) is 6.63. The number of aromatic nitrogens is 4. The van der Waals surface area contributed by atoms with Crippen LogP contribution in [0, 0.1) is 17.3 Å².